The van der Waals surface area contributed by atoms with Gasteiger partial charge in [0.25, 0.3) is 0 Å². The second kappa shape index (κ2) is 4.59. The van der Waals surface area contributed by atoms with Gasteiger partial charge in [-0.05, 0) is 30.4 Å². The number of hydrogen-bond acceptors (Lipinski definition) is 3. The van der Waals surface area contributed by atoms with E-state index in [1.807, 2.05) is 30.3 Å². The van der Waals surface area contributed by atoms with E-state index >= 15 is 0 Å². The van der Waals surface area contributed by atoms with Crippen molar-refractivity contribution in [1.29, 1.82) is 0 Å². The lowest BCUT2D eigenvalue weighted by Gasteiger charge is -2.34. The molecule has 1 aromatic carbocycles. The minimum Gasteiger partial charge on any atom is -0.299 e. The Balaban J connectivity index is 1.59. The van der Waals surface area contributed by atoms with Gasteiger partial charge in [0.15, 0.2) is 5.78 Å². The summed E-state index contributed by atoms with van der Waals surface area (Å²) in [4.78, 5) is 26.2. The van der Waals surface area contributed by atoms with E-state index in [0.717, 1.165) is 11.3 Å². The maximum Gasteiger partial charge on any atom is 0.151 e. The fourth-order valence-electron chi connectivity index (χ4n) is 4.05. The molecule has 0 unspecified atom stereocenters. The molecule has 2 bridgehead atoms. The van der Waals surface area contributed by atoms with Gasteiger partial charge in [-0.25, -0.2) is 0 Å². The molecule has 3 aliphatic rings. The topological polar surface area (TPSA) is 34.1 Å². The van der Waals surface area contributed by atoms with Gasteiger partial charge < -0.3 is 0 Å². The van der Waals surface area contributed by atoms with Gasteiger partial charge >= 0.3 is 0 Å². The highest BCUT2D eigenvalue weighted by Crippen LogP contribution is 2.53. The zero-order chi connectivity index (χ0) is 13.7. The second-order valence-electron chi connectivity index (χ2n) is 5.99. The zero-order valence-electron chi connectivity index (χ0n) is 11.1. The van der Waals surface area contributed by atoms with Gasteiger partial charge in [-0.15, -0.1) is 11.8 Å². The van der Waals surface area contributed by atoms with E-state index in [0.29, 0.717) is 29.8 Å². The van der Waals surface area contributed by atoms with Gasteiger partial charge in [0.05, 0.1) is 5.25 Å². The first kappa shape index (κ1) is 12.4. The summed E-state index contributed by atoms with van der Waals surface area (Å²) in [5.74, 6) is 1.22. The van der Waals surface area contributed by atoms with Crippen molar-refractivity contribution >= 4 is 23.3 Å². The number of fused-ring (bicyclic) bond motifs is 5. The first-order chi connectivity index (χ1) is 9.74. The molecule has 5 atom stereocenters. The maximum atomic E-state index is 12.7. The number of carbonyl (C=O) groups excluding carboxylic acids is 2. The van der Waals surface area contributed by atoms with Crippen molar-refractivity contribution in [3.8, 4) is 0 Å². The molecule has 3 heteroatoms. The predicted octanol–water partition coefficient (Wildman–Crippen LogP) is 3.13. The van der Waals surface area contributed by atoms with E-state index in [4.69, 9.17) is 0 Å². The van der Waals surface area contributed by atoms with Gasteiger partial charge in [0.2, 0.25) is 0 Å². The van der Waals surface area contributed by atoms with Crippen molar-refractivity contribution in [3.63, 3.8) is 0 Å². The SMILES string of the molecule is O=C1C[C@@H](Sc2ccccc2)C(=O)[C@H]2[C@@H]1[C@H]1C=C[C@@H]2C1. The van der Waals surface area contributed by atoms with E-state index in [9.17, 15) is 9.59 Å². The van der Waals surface area contributed by atoms with Crippen molar-refractivity contribution in [3.05, 3.63) is 42.5 Å². The summed E-state index contributed by atoms with van der Waals surface area (Å²) in [6.45, 7) is 0. The monoisotopic (exact) mass is 284 g/mol. The highest BCUT2D eigenvalue weighted by atomic mass is 32.2. The van der Waals surface area contributed by atoms with Crippen molar-refractivity contribution in [2.75, 3.05) is 0 Å². The molecule has 2 saturated carbocycles. The van der Waals surface area contributed by atoms with Crippen LogP contribution in [0, 0.1) is 23.7 Å². The minimum absolute atomic E-state index is 0.00915. The average molecular weight is 284 g/mol. The Hall–Kier alpha value is -1.35. The molecule has 1 aromatic rings. The molecule has 2 fully saturated rings. The molecular weight excluding hydrogens is 268 g/mol. The second-order valence-corrected chi connectivity index (χ2v) is 7.27. The lowest BCUT2D eigenvalue weighted by atomic mass is 9.72. The number of Topliss-reactive ketones (excluding diaryl/α,β-unsaturated/α-hetero) is 2. The van der Waals surface area contributed by atoms with Crippen LogP contribution < -0.4 is 0 Å². The quantitative estimate of drug-likeness (QED) is 0.782. The first-order valence-electron chi connectivity index (χ1n) is 7.20. The number of carbonyl (C=O) groups is 2. The van der Waals surface area contributed by atoms with Gasteiger partial charge in [-0.2, -0.15) is 0 Å². The van der Waals surface area contributed by atoms with Crippen LogP contribution >= 0.6 is 11.8 Å². The van der Waals surface area contributed by atoms with Crippen LogP contribution in [0.4, 0.5) is 0 Å². The first-order valence-corrected chi connectivity index (χ1v) is 8.08. The molecule has 0 saturated heterocycles. The molecule has 0 aliphatic heterocycles. The Kier molecular flexibility index (Phi) is 2.84. The Bertz CT molecular complexity index is 592. The normalized spacial score (nSPS) is 38.3. The van der Waals surface area contributed by atoms with Gasteiger partial charge in [0, 0.05) is 23.2 Å². The van der Waals surface area contributed by atoms with Crippen LogP contribution in [-0.4, -0.2) is 16.8 Å². The Morgan fingerprint density at radius 2 is 1.65 bits per heavy atom. The van der Waals surface area contributed by atoms with Crippen LogP contribution in [0.1, 0.15) is 12.8 Å². The molecule has 0 N–H and O–H groups in total. The summed E-state index contributed by atoms with van der Waals surface area (Å²) in [7, 11) is 0. The van der Waals surface area contributed by atoms with Crippen molar-refractivity contribution < 1.29 is 9.59 Å². The number of hydrogen-bond donors (Lipinski definition) is 0. The maximum absolute atomic E-state index is 12.7. The summed E-state index contributed by atoms with van der Waals surface area (Å²) in [6.07, 6.45) is 5.74. The molecule has 2 nitrogen and oxygen atoms in total. The summed E-state index contributed by atoms with van der Waals surface area (Å²) in [5.41, 5.74) is 0. The molecule has 3 aliphatic carbocycles. The Morgan fingerprint density at radius 3 is 2.40 bits per heavy atom. The third-order valence-corrected chi connectivity index (χ3v) is 6.11. The molecular formula is C17H16O2S. The average Bonchev–Trinajstić information content (AvgIpc) is 3.06. The van der Waals surface area contributed by atoms with E-state index in [-0.39, 0.29) is 17.1 Å². The summed E-state index contributed by atoms with van der Waals surface area (Å²) in [6, 6.07) is 9.93. The van der Waals surface area contributed by atoms with Crippen LogP contribution in [0.2, 0.25) is 0 Å². The molecule has 0 spiro atoms. The number of ketones is 2. The third kappa shape index (κ3) is 1.80. The van der Waals surface area contributed by atoms with E-state index < -0.39 is 0 Å². The summed E-state index contributed by atoms with van der Waals surface area (Å²) in [5, 5.41) is -0.182. The molecule has 0 amide bonds. The van der Waals surface area contributed by atoms with Gasteiger partial charge in [-0.3, -0.25) is 9.59 Å². The van der Waals surface area contributed by atoms with Crippen LogP contribution in [0.25, 0.3) is 0 Å². The van der Waals surface area contributed by atoms with E-state index in [2.05, 4.69) is 12.2 Å². The molecule has 20 heavy (non-hydrogen) atoms. The van der Waals surface area contributed by atoms with Crippen LogP contribution in [0.15, 0.2) is 47.4 Å². The van der Waals surface area contributed by atoms with E-state index in [1.54, 1.807) is 11.8 Å². The molecule has 0 radical (unpaired) electrons. The number of allylic oxidation sites excluding steroid dienone is 2. The van der Waals surface area contributed by atoms with Crippen LogP contribution in [0.3, 0.4) is 0 Å². The zero-order valence-corrected chi connectivity index (χ0v) is 11.9. The molecule has 4 rings (SSSR count). The minimum atomic E-state index is -0.182. The lowest BCUT2D eigenvalue weighted by molar-refractivity contribution is -0.137. The van der Waals surface area contributed by atoms with Crippen LogP contribution in [-0.2, 0) is 9.59 Å². The van der Waals surface area contributed by atoms with Gasteiger partial charge in [0.1, 0.15) is 5.78 Å². The molecule has 0 aromatic heterocycles. The van der Waals surface area contributed by atoms with Crippen molar-refractivity contribution in [2.45, 2.75) is 23.0 Å². The van der Waals surface area contributed by atoms with Gasteiger partial charge in [-0.1, -0.05) is 30.4 Å². The lowest BCUT2D eigenvalue weighted by Crippen LogP contribution is -2.44. The predicted molar refractivity (Wildman–Crippen MR) is 78.4 cm³/mol. The summed E-state index contributed by atoms with van der Waals surface area (Å²) < 4.78 is 0. The molecule has 0 heterocycles. The highest BCUT2D eigenvalue weighted by Gasteiger charge is 2.55. The largest absolute Gasteiger partial charge is 0.299 e. The summed E-state index contributed by atoms with van der Waals surface area (Å²) >= 11 is 1.56. The van der Waals surface area contributed by atoms with Crippen LogP contribution in [0.5, 0.6) is 0 Å². The number of rotatable bonds is 2. The highest BCUT2D eigenvalue weighted by molar-refractivity contribution is 8.00. The standard InChI is InChI=1S/C17H16O2S/c18-13-9-14(20-12-4-2-1-3-5-12)17(19)16-11-7-6-10(8-11)15(13)16/h1-7,10-11,14-16H,8-9H2/t10-,11+,14+,15+,16+/m0/s1. The fraction of sp³-hybridized carbons (Fsp3) is 0.412. The Morgan fingerprint density at radius 1 is 0.950 bits per heavy atom. The van der Waals surface area contributed by atoms with Crippen molar-refractivity contribution in [2.24, 2.45) is 23.7 Å². The fourth-order valence-corrected chi connectivity index (χ4v) is 5.21. The Labute approximate surface area is 122 Å². The smallest absolute Gasteiger partial charge is 0.151 e. The number of benzene rings is 1. The molecule has 102 valence electrons. The number of thioether (sulfide) groups is 1. The third-order valence-electron chi connectivity index (χ3n) is 4.89. The van der Waals surface area contributed by atoms with Crippen molar-refractivity contribution in [1.82, 2.24) is 0 Å². The van der Waals surface area contributed by atoms with E-state index in [1.165, 1.54) is 0 Å².